The maximum absolute atomic E-state index is 12.3. The second kappa shape index (κ2) is 12.0. The molecule has 0 radical (unpaired) electrons. The predicted molar refractivity (Wildman–Crippen MR) is 106 cm³/mol. The van der Waals surface area contributed by atoms with Crippen LogP contribution in [0.2, 0.25) is 0 Å². The summed E-state index contributed by atoms with van der Waals surface area (Å²) in [6.07, 6.45) is 2.03. The van der Waals surface area contributed by atoms with E-state index in [0.717, 1.165) is 37.5 Å². The number of nitrogens with zero attached hydrogens (tertiary/aromatic N) is 2. The van der Waals surface area contributed by atoms with E-state index < -0.39 is 10.0 Å². The molecule has 2 rings (SSSR count). The lowest BCUT2D eigenvalue weighted by Gasteiger charge is -2.25. The molecule has 0 aliphatic carbocycles. The average Bonchev–Trinajstić information content (AvgIpc) is 3.15. The Morgan fingerprint density at radius 1 is 1.35 bits per heavy atom. The molecule has 2 heterocycles. The Hall–Kier alpha value is -0.550. The first-order chi connectivity index (χ1) is 12.6. The Morgan fingerprint density at radius 3 is 2.85 bits per heavy atom. The van der Waals surface area contributed by atoms with Gasteiger partial charge in [0.1, 0.15) is 0 Å². The molecule has 0 aromatic carbocycles. The highest BCUT2D eigenvalue weighted by Crippen LogP contribution is 2.13. The van der Waals surface area contributed by atoms with Crippen LogP contribution in [0.1, 0.15) is 19.8 Å². The molecule has 0 saturated carbocycles. The van der Waals surface area contributed by atoms with Gasteiger partial charge in [-0.1, -0.05) is 0 Å². The molecule has 0 aromatic rings. The lowest BCUT2D eigenvalue weighted by molar-refractivity contribution is 0.0424. The summed E-state index contributed by atoms with van der Waals surface area (Å²) in [5, 5.41) is 6.26. The van der Waals surface area contributed by atoms with Crippen molar-refractivity contribution < 1.29 is 17.9 Å². The minimum absolute atomic E-state index is 0.0902. The first-order valence-corrected chi connectivity index (χ1v) is 12.2. The fourth-order valence-electron chi connectivity index (χ4n) is 2.74. The van der Waals surface area contributed by atoms with Crippen molar-refractivity contribution in [1.82, 2.24) is 14.9 Å². The molecule has 10 heteroatoms. The van der Waals surface area contributed by atoms with Crippen molar-refractivity contribution in [2.24, 2.45) is 4.99 Å². The molecule has 2 saturated heterocycles. The summed E-state index contributed by atoms with van der Waals surface area (Å²) < 4.78 is 37.3. The molecule has 0 spiro atoms. The number of hydrogen-bond acceptors (Lipinski definition) is 6. The zero-order valence-corrected chi connectivity index (χ0v) is 17.2. The topological polar surface area (TPSA) is 92.3 Å². The van der Waals surface area contributed by atoms with E-state index in [1.165, 1.54) is 0 Å². The zero-order valence-electron chi connectivity index (χ0n) is 15.6. The molecule has 2 aliphatic heterocycles. The van der Waals surface area contributed by atoms with Crippen LogP contribution in [-0.2, 0) is 19.5 Å². The molecule has 0 amide bonds. The van der Waals surface area contributed by atoms with Crippen LogP contribution >= 0.6 is 11.8 Å². The van der Waals surface area contributed by atoms with Gasteiger partial charge in [0.05, 0.1) is 18.5 Å². The van der Waals surface area contributed by atoms with Crippen molar-refractivity contribution in [3.8, 4) is 0 Å². The number of ether oxygens (including phenoxy) is 2. The molecule has 2 aliphatic rings. The monoisotopic (exact) mass is 408 g/mol. The molecule has 1 atom stereocenters. The van der Waals surface area contributed by atoms with Crippen LogP contribution in [0.15, 0.2) is 4.99 Å². The number of rotatable bonds is 10. The van der Waals surface area contributed by atoms with Crippen LogP contribution in [0, 0.1) is 0 Å². The SMILES string of the molecule is CCNC(=NCCCOC1CCOC1)NCCS(=O)(=O)N1CCSCC1. The van der Waals surface area contributed by atoms with Crippen molar-refractivity contribution >= 4 is 27.7 Å². The van der Waals surface area contributed by atoms with Crippen molar-refractivity contribution in [2.45, 2.75) is 25.9 Å². The van der Waals surface area contributed by atoms with E-state index in [-0.39, 0.29) is 11.9 Å². The van der Waals surface area contributed by atoms with E-state index in [4.69, 9.17) is 9.47 Å². The largest absolute Gasteiger partial charge is 0.379 e. The number of aliphatic imine (C=N–C) groups is 1. The maximum atomic E-state index is 12.3. The highest BCUT2D eigenvalue weighted by molar-refractivity contribution is 7.99. The van der Waals surface area contributed by atoms with Gasteiger partial charge in [-0.05, 0) is 19.8 Å². The molecule has 2 fully saturated rings. The minimum atomic E-state index is -3.19. The fraction of sp³-hybridized carbons (Fsp3) is 0.938. The summed E-state index contributed by atoms with van der Waals surface area (Å²) >= 11 is 1.80. The molecule has 1 unspecified atom stereocenters. The predicted octanol–water partition coefficient (Wildman–Crippen LogP) is 0.116. The molecule has 152 valence electrons. The molecule has 26 heavy (non-hydrogen) atoms. The van der Waals surface area contributed by atoms with Gasteiger partial charge in [0.15, 0.2) is 5.96 Å². The Labute approximate surface area is 161 Å². The number of thioether (sulfide) groups is 1. The second-order valence-corrected chi connectivity index (χ2v) is 9.54. The van der Waals surface area contributed by atoms with E-state index in [9.17, 15) is 8.42 Å². The van der Waals surface area contributed by atoms with Gasteiger partial charge in [0.2, 0.25) is 10.0 Å². The normalized spacial score (nSPS) is 22.5. The minimum Gasteiger partial charge on any atom is -0.379 e. The van der Waals surface area contributed by atoms with Crippen LogP contribution < -0.4 is 10.6 Å². The van der Waals surface area contributed by atoms with Crippen molar-refractivity contribution in [3.63, 3.8) is 0 Å². The van der Waals surface area contributed by atoms with E-state index in [1.54, 1.807) is 16.1 Å². The number of guanidine groups is 1. The van der Waals surface area contributed by atoms with Gasteiger partial charge in [-0.3, -0.25) is 4.99 Å². The summed E-state index contributed by atoms with van der Waals surface area (Å²) in [5.74, 6) is 2.51. The van der Waals surface area contributed by atoms with Crippen LogP contribution in [0.3, 0.4) is 0 Å². The smallest absolute Gasteiger partial charge is 0.215 e. The van der Waals surface area contributed by atoms with Gasteiger partial charge in [0, 0.05) is 57.4 Å². The van der Waals surface area contributed by atoms with Crippen LogP contribution in [0.25, 0.3) is 0 Å². The summed E-state index contributed by atoms with van der Waals surface area (Å²) in [5.41, 5.74) is 0. The summed E-state index contributed by atoms with van der Waals surface area (Å²) in [6.45, 7) is 7.10. The molecule has 0 bridgehead atoms. The van der Waals surface area contributed by atoms with E-state index in [2.05, 4.69) is 15.6 Å². The third-order valence-corrected chi connectivity index (χ3v) is 6.99. The zero-order chi connectivity index (χ0) is 18.7. The molecule has 8 nitrogen and oxygen atoms in total. The maximum Gasteiger partial charge on any atom is 0.215 e. The highest BCUT2D eigenvalue weighted by atomic mass is 32.2. The van der Waals surface area contributed by atoms with Gasteiger partial charge < -0.3 is 20.1 Å². The summed E-state index contributed by atoms with van der Waals surface area (Å²) in [6, 6.07) is 0. The standard InChI is InChI=1S/C16H32N4O4S2/c1-2-17-16(18-5-3-9-24-15-4-10-23-14-15)19-6-13-26(21,22)20-7-11-25-12-8-20/h15H,2-14H2,1H3,(H2,17,18,19). The second-order valence-electron chi connectivity index (χ2n) is 6.22. The first-order valence-electron chi connectivity index (χ1n) is 9.39. The third kappa shape index (κ3) is 7.99. The summed E-state index contributed by atoms with van der Waals surface area (Å²) in [4.78, 5) is 4.48. The van der Waals surface area contributed by atoms with Crippen molar-refractivity contribution in [1.29, 1.82) is 0 Å². The van der Waals surface area contributed by atoms with Crippen LogP contribution in [0.5, 0.6) is 0 Å². The summed E-state index contributed by atoms with van der Waals surface area (Å²) in [7, 11) is -3.19. The van der Waals surface area contributed by atoms with Crippen molar-refractivity contribution in [3.05, 3.63) is 0 Å². The fourth-order valence-corrected chi connectivity index (χ4v) is 5.24. The van der Waals surface area contributed by atoms with E-state index in [1.807, 2.05) is 6.92 Å². The number of sulfonamides is 1. The van der Waals surface area contributed by atoms with Gasteiger partial charge in [-0.15, -0.1) is 0 Å². The van der Waals surface area contributed by atoms with Gasteiger partial charge >= 0.3 is 0 Å². The Balaban J connectivity index is 1.65. The number of hydrogen-bond donors (Lipinski definition) is 2. The van der Waals surface area contributed by atoms with Crippen LogP contribution in [-0.4, -0.2) is 94.6 Å². The van der Waals surface area contributed by atoms with Gasteiger partial charge in [0.25, 0.3) is 0 Å². The number of nitrogens with one attached hydrogen (secondary N) is 2. The lowest BCUT2D eigenvalue weighted by Crippen LogP contribution is -2.44. The van der Waals surface area contributed by atoms with E-state index >= 15 is 0 Å². The van der Waals surface area contributed by atoms with Gasteiger partial charge in [-0.25, -0.2) is 12.7 Å². The lowest BCUT2D eigenvalue weighted by atomic mass is 10.3. The van der Waals surface area contributed by atoms with Gasteiger partial charge in [-0.2, -0.15) is 11.8 Å². The van der Waals surface area contributed by atoms with Crippen molar-refractivity contribution in [2.75, 3.05) is 69.8 Å². The Morgan fingerprint density at radius 2 is 2.15 bits per heavy atom. The molecular weight excluding hydrogens is 376 g/mol. The molecular formula is C16H32N4O4S2. The highest BCUT2D eigenvalue weighted by Gasteiger charge is 2.23. The third-order valence-electron chi connectivity index (χ3n) is 4.17. The first kappa shape index (κ1) is 21.7. The molecule has 2 N–H and O–H groups in total. The quantitative estimate of drug-likeness (QED) is 0.301. The van der Waals surface area contributed by atoms with Crippen LogP contribution in [0.4, 0.5) is 0 Å². The molecule has 0 aromatic heterocycles. The Kier molecular flexibility index (Phi) is 10.1. The Bertz CT molecular complexity index is 518. The average molecular weight is 409 g/mol. The van der Waals surface area contributed by atoms with E-state index in [0.29, 0.717) is 45.4 Å².